The number of hydrogen-bond acceptors (Lipinski definition) is 2. The molecule has 0 spiro atoms. The molecular weight excluding hydrogens is 212 g/mol. The van der Waals surface area contributed by atoms with Crippen LogP contribution in [0.15, 0.2) is 6.07 Å². The van der Waals surface area contributed by atoms with Crippen molar-refractivity contribution in [2.24, 2.45) is 0 Å². The molecule has 2 nitrogen and oxygen atoms in total. The molecule has 1 N–H and O–H groups in total. The van der Waals surface area contributed by atoms with Gasteiger partial charge in [0.1, 0.15) is 5.75 Å². The minimum Gasteiger partial charge on any atom is -0.508 e. The first-order valence-electron chi connectivity index (χ1n) is 6.23. The van der Waals surface area contributed by atoms with Crippen molar-refractivity contribution in [3.63, 3.8) is 0 Å². The predicted octanol–water partition coefficient (Wildman–Crippen LogP) is 3.42. The largest absolute Gasteiger partial charge is 0.508 e. The highest BCUT2D eigenvalue weighted by Crippen LogP contribution is 2.40. The van der Waals surface area contributed by atoms with Crippen LogP contribution in [0.3, 0.4) is 0 Å². The van der Waals surface area contributed by atoms with Gasteiger partial charge in [0, 0.05) is 11.5 Å². The number of aryl methyl sites for hydroxylation is 1. The van der Waals surface area contributed by atoms with E-state index in [4.69, 9.17) is 4.74 Å². The van der Waals surface area contributed by atoms with Crippen LogP contribution in [-0.4, -0.2) is 18.3 Å². The first-order valence-corrected chi connectivity index (χ1v) is 6.23. The van der Waals surface area contributed by atoms with Crippen LogP contribution in [-0.2, 0) is 10.2 Å². The number of hydrogen-bond donors (Lipinski definition) is 1. The number of aromatic hydroxyl groups is 1. The number of phenolic OH excluding ortho intramolecular Hbond substituents is 1. The Kier molecular flexibility index (Phi) is 2.94. The van der Waals surface area contributed by atoms with Gasteiger partial charge in [0.25, 0.3) is 0 Å². The Morgan fingerprint density at radius 3 is 2.24 bits per heavy atom. The summed E-state index contributed by atoms with van der Waals surface area (Å²) in [5.74, 6) is 0.804. The molecule has 0 radical (unpaired) electrons. The fourth-order valence-corrected chi connectivity index (χ4v) is 3.05. The number of rotatable bonds is 1. The second kappa shape index (κ2) is 4.02. The second-order valence-corrected chi connectivity index (χ2v) is 6.11. The van der Waals surface area contributed by atoms with Crippen LogP contribution < -0.4 is 0 Å². The van der Waals surface area contributed by atoms with Crippen molar-refractivity contribution in [3.05, 3.63) is 28.3 Å². The van der Waals surface area contributed by atoms with E-state index >= 15 is 0 Å². The lowest BCUT2D eigenvalue weighted by Gasteiger charge is -2.32. The minimum absolute atomic E-state index is 0.112. The summed E-state index contributed by atoms with van der Waals surface area (Å²) in [5.41, 5.74) is 4.98. The third kappa shape index (κ3) is 2.06. The molecule has 1 aromatic carbocycles. The van der Waals surface area contributed by atoms with Crippen LogP contribution in [0, 0.1) is 13.8 Å². The van der Waals surface area contributed by atoms with Gasteiger partial charge in [-0.3, -0.25) is 0 Å². The number of phenols is 1. The van der Waals surface area contributed by atoms with E-state index in [-0.39, 0.29) is 5.41 Å². The van der Waals surface area contributed by atoms with Crippen molar-refractivity contribution in [2.75, 3.05) is 13.2 Å². The zero-order chi connectivity index (χ0) is 12.8. The van der Waals surface area contributed by atoms with E-state index in [2.05, 4.69) is 34.6 Å². The Morgan fingerprint density at radius 2 is 1.82 bits per heavy atom. The highest BCUT2D eigenvalue weighted by Gasteiger charge is 2.29. The van der Waals surface area contributed by atoms with Crippen LogP contribution in [0.25, 0.3) is 0 Å². The summed E-state index contributed by atoms with van der Waals surface area (Å²) in [6.07, 6.45) is 0. The molecule has 1 saturated heterocycles. The van der Waals surface area contributed by atoms with Crippen molar-refractivity contribution < 1.29 is 9.84 Å². The Bertz CT molecular complexity index is 437. The maximum Gasteiger partial charge on any atom is 0.119 e. The minimum atomic E-state index is 0.112. The third-order valence-electron chi connectivity index (χ3n) is 3.60. The summed E-state index contributed by atoms with van der Waals surface area (Å²) in [6, 6.07) is 1.90. The highest BCUT2D eigenvalue weighted by molar-refractivity contribution is 5.52. The van der Waals surface area contributed by atoms with Crippen LogP contribution in [0.2, 0.25) is 0 Å². The molecule has 0 aliphatic carbocycles. The standard InChI is InChI=1S/C15H22O2/c1-9-6-12(16)13(11-7-17-8-11)10(2)14(9)15(3,4)5/h6,11,16H,7-8H2,1-5H3. The highest BCUT2D eigenvalue weighted by atomic mass is 16.5. The lowest BCUT2D eigenvalue weighted by Crippen LogP contribution is -2.27. The van der Waals surface area contributed by atoms with Gasteiger partial charge in [0.05, 0.1) is 13.2 Å². The van der Waals surface area contributed by atoms with Crippen molar-refractivity contribution in [3.8, 4) is 5.75 Å². The molecule has 0 bridgehead atoms. The zero-order valence-electron chi connectivity index (χ0n) is 11.4. The number of ether oxygens (including phenoxy) is 1. The summed E-state index contributed by atoms with van der Waals surface area (Å²) in [7, 11) is 0. The van der Waals surface area contributed by atoms with Gasteiger partial charge in [0.2, 0.25) is 0 Å². The van der Waals surface area contributed by atoms with E-state index in [0.29, 0.717) is 11.7 Å². The van der Waals surface area contributed by atoms with E-state index < -0.39 is 0 Å². The first kappa shape index (κ1) is 12.4. The summed E-state index contributed by atoms with van der Waals surface area (Å²) in [4.78, 5) is 0. The van der Waals surface area contributed by atoms with Crippen molar-refractivity contribution in [1.82, 2.24) is 0 Å². The van der Waals surface area contributed by atoms with Crippen LogP contribution >= 0.6 is 0 Å². The van der Waals surface area contributed by atoms with Gasteiger partial charge in [-0.1, -0.05) is 20.8 Å². The lowest BCUT2D eigenvalue weighted by atomic mass is 9.77. The average Bonchev–Trinajstić information content (AvgIpc) is 2.05. The molecule has 17 heavy (non-hydrogen) atoms. The van der Waals surface area contributed by atoms with Crippen molar-refractivity contribution in [1.29, 1.82) is 0 Å². The van der Waals surface area contributed by atoms with Crippen LogP contribution in [0.1, 0.15) is 48.9 Å². The normalized spacial score (nSPS) is 17.0. The number of benzene rings is 1. The molecule has 1 aliphatic heterocycles. The van der Waals surface area contributed by atoms with Crippen molar-refractivity contribution >= 4 is 0 Å². The van der Waals surface area contributed by atoms with Gasteiger partial charge in [0.15, 0.2) is 0 Å². The Balaban J connectivity index is 2.60. The maximum atomic E-state index is 10.1. The zero-order valence-corrected chi connectivity index (χ0v) is 11.4. The van der Waals surface area contributed by atoms with Gasteiger partial charge in [-0.05, 0) is 42.0 Å². The van der Waals surface area contributed by atoms with Gasteiger partial charge >= 0.3 is 0 Å². The molecule has 1 aliphatic rings. The van der Waals surface area contributed by atoms with Crippen LogP contribution in [0.5, 0.6) is 5.75 Å². The SMILES string of the molecule is Cc1cc(O)c(C2COC2)c(C)c1C(C)(C)C. The molecule has 1 fully saturated rings. The molecule has 0 atom stereocenters. The molecular formula is C15H22O2. The first-order chi connectivity index (χ1) is 7.82. The van der Waals surface area contributed by atoms with Gasteiger partial charge in [-0.25, -0.2) is 0 Å². The van der Waals surface area contributed by atoms with E-state index in [1.807, 2.05) is 6.07 Å². The Morgan fingerprint density at radius 1 is 1.24 bits per heavy atom. The molecule has 1 heterocycles. The Hall–Kier alpha value is -1.02. The van der Waals surface area contributed by atoms with E-state index in [1.165, 1.54) is 16.7 Å². The quantitative estimate of drug-likeness (QED) is 0.806. The van der Waals surface area contributed by atoms with E-state index in [9.17, 15) is 5.11 Å². The van der Waals surface area contributed by atoms with Gasteiger partial charge in [-0.2, -0.15) is 0 Å². The van der Waals surface area contributed by atoms with Gasteiger partial charge < -0.3 is 9.84 Å². The fourth-order valence-electron chi connectivity index (χ4n) is 3.05. The summed E-state index contributed by atoms with van der Waals surface area (Å²) in [6.45, 7) is 12.3. The maximum absolute atomic E-state index is 10.1. The molecule has 0 unspecified atom stereocenters. The summed E-state index contributed by atoms with van der Waals surface area (Å²) >= 11 is 0. The monoisotopic (exact) mass is 234 g/mol. The summed E-state index contributed by atoms with van der Waals surface area (Å²) < 4.78 is 5.24. The smallest absolute Gasteiger partial charge is 0.119 e. The summed E-state index contributed by atoms with van der Waals surface area (Å²) in [5, 5.41) is 10.1. The van der Waals surface area contributed by atoms with Crippen molar-refractivity contribution in [2.45, 2.75) is 46.0 Å². The molecule has 1 aromatic rings. The second-order valence-electron chi connectivity index (χ2n) is 6.11. The fraction of sp³-hybridized carbons (Fsp3) is 0.600. The van der Waals surface area contributed by atoms with Crippen LogP contribution in [0.4, 0.5) is 0 Å². The van der Waals surface area contributed by atoms with E-state index in [1.54, 1.807) is 0 Å². The molecule has 2 heteroatoms. The molecule has 2 rings (SSSR count). The van der Waals surface area contributed by atoms with E-state index in [0.717, 1.165) is 18.8 Å². The average molecular weight is 234 g/mol. The topological polar surface area (TPSA) is 29.5 Å². The predicted molar refractivity (Wildman–Crippen MR) is 69.8 cm³/mol. The molecule has 0 aromatic heterocycles. The lowest BCUT2D eigenvalue weighted by molar-refractivity contribution is 0.00720. The molecule has 0 saturated carbocycles. The van der Waals surface area contributed by atoms with Gasteiger partial charge in [-0.15, -0.1) is 0 Å². The molecule has 94 valence electrons. The molecule has 0 amide bonds. The third-order valence-corrected chi connectivity index (χ3v) is 3.60. The Labute approximate surface area is 104 Å².